The molecule has 0 N–H and O–H groups in total. The molecule has 0 aromatic rings. The summed E-state index contributed by atoms with van der Waals surface area (Å²) in [7, 11) is 0. The monoisotopic (exact) mass is 324 g/mol. The van der Waals surface area contributed by atoms with Gasteiger partial charge < -0.3 is 0 Å². The van der Waals surface area contributed by atoms with E-state index in [0.717, 1.165) is 29.6 Å². The van der Waals surface area contributed by atoms with E-state index in [1.807, 2.05) is 5.57 Å². The van der Waals surface area contributed by atoms with Crippen LogP contribution in [0.25, 0.3) is 0 Å². The van der Waals surface area contributed by atoms with Gasteiger partial charge in [0.05, 0.1) is 0 Å². The quantitative estimate of drug-likeness (QED) is 0.486. The van der Waals surface area contributed by atoms with Crippen molar-refractivity contribution in [3.63, 3.8) is 0 Å². The molecule has 0 bridgehead atoms. The fraction of sp³-hybridized carbons (Fsp3) is 0.750. The molecule has 4 unspecified atom stereocenters. The lowest BCUT2D eigenvalue weighted by Crippen LogP contribution is -2.28. The zero-order valence-corrected chi connectivity index (χ0v) is 16.1. The van der Waals surface area contributed by atoms with E-state index < -0.39 is 0 Å². The van der Waals surface area contributed by atoms with E-state index in [2.05, 4.69) is 45.1 Å². The molecule has 2 saturated carbocycles. The maximum absolute atomic E-state index is 2.61. The Morgan fingerprint density at radius 1 is 0.875 bits per heavy atom. The van der Waals surface area contributed by atoms with Crippen LogP contribution in [0.15, 0.2) is 35.5 Å². The lowest BCUT2D eigenvalue weighted by Gasteiger charge is -2.38. The maximum Gasteiger partial charge on any atom is -0.00193 e. The summed E-state index contributed by atoms with van der Waals surface area (Å²) in [5.74, 6) is 4.58. The van der Waals surface area contributed by atoms with E-state index in [1.165, 1.54) is 57.8 Å². The van der Waals surface area contributed by atoms with Gasteiger partial charge in [0.2, 0.25) is 0 Å². The number of allylic oxidation sites excluding steroid dienone is 6. The Bertz CT molecular complexity index is 555. The standard InChI is InChI=1S/C24H36/c1-17-4-10-20(11-5-17)23-16-24(23,21-12-6-18(2)7-13-21)22-14-8-19(3)9-15-22/h4,6,10,12,17,19-20,22-23H,5,7-9,11,13-16H2,1-3H3. The highest BCUT2D eigenvalue weighted by Crippen LogP contribution is 2.70. The predicted molar refractivity (Wildman–Crippen MR) is 104 cm³/mol. The molecule has 0 heteroatoms. The summed E-state index contributed by atoms with van der Waals surface area (Å²) >= 11 is 0. The molecule has 132 valence electrons. The third-order valence-corrected chi connectivity index (χ3v) is 7.92. The molecule has 4 aliphatic carbocycles. The molecule has 4 atom stereocenters. The summed E-state index contributed by atoms with van der Waals surface area (Å²) in [5, 5.41) is 0. The molecule has 0 amide bonds. The van der Waals surface area contributed by atoms with Crippen LogP contribution in [0.1, 0.15) is 78.6 Å². The number of rotatable bonds is 3. The van der Waals surface area contributed by atoms with Crippen LogP contribution in [0.3, 0.4) is 0 Å². The van der Waals surface area contributed by atoms with Crippen molar-refractivity contribution in [2.45, 2.75) is 78.6 Å². The highest BCUT2D eigenvalue weighted by molar-refractivity contribution is 5.36. The minimum atomic E-state index is 0.590. The van der Waals surface area contributed by atoms with Crippen molar-refractivity contribution < 1.29 is 0 Å². The molecule has 24 heavy (non-hydrogen) atoms. The minimum absolute atomic E-state index is 0.590. The molecule has 4 rings (SSSR count). The average Bonchev–Trinajstić information content (AvgIpc) is 3.33. The molecular weight excluding hydrogens is 288 g/mol. The third kappa shape index (κ3) is 2.95. The van der Waals surface area contributed by atoms with Crippen molar-refractivity contribution in [1.82, 2.24) is 0 Å². The van der Waals surface area contributed by atoms with Crippen LogP contribution in [-0.2, 0) is 0 Å². The molecule has 0 aromatic carbocycles. The van der Waals surface area contributed by atoms with E-state index in [-0.39, 0.29) is 0 Å². The normalized spacial score (nSPS) is 45.5. The first-order chi connectivity index (χ1) is 11.6. The summed E-state index contributed by atoms with van der Waals surface area (Å²) in [6.45, 7) is 7.15. The van der Waals surface area contributed by atoms with Gasteiger partial charge in [0.1, 0.15) is 0 Å². The molecule has 2 fully saturated rings. The Morgan fingerprint density at radius 3 is 2.29 bits per heavy atom. The van der Waals surface area contributed by atoms with Gasteiger partial charge in [-0.25, -0.2) is 0 Å². The van der Waals surface area contributed by atoms with Crippen molar-refractivity contribution in [2.75, 3.05) is 0 Å². The first kappa shape index (κ1) is 16.7. The van der Waals surface area contributed by atoms with Crippen LogP contribution in [0.4, 0.5) is 0 Å². The van der Waals surface area contributed by atoms with Gasteiger partial charge in [-0.15, -0.1) is 0 Å². The Hall–Kier alpha value is -0.780. The van der Waals surface area contributed by atoms with Crippen LogP contribution >= 0.6 is 0 Å². The van der Waals surface area contributed by atoms with Gasteiger partial charge in [0.15, 0.2) is 0 Å². The van der Waals surface area contributed by atoms with Crippen LogP contribution in [0, 0.1) is 35.0 Å². The van der Waals surface area contributed by atoms with Gasteiger partial charge in [-0.2, -0.15) is 0 Å². The van der Waals surface area contributed by atoms with E-state index in [4.69, 9.17) is 0 Å². The molecule has 4 aliphatic rings. The molecule has 0 saturated heterocycles. The molecule has 0 nitrogen and oxygen atoms in total. The topological polar surface area (TPSA) is 0 Å². The summed E-state index contributed by atoms with van der Waals surface area (Å²) in [5.41, 5.74) is 4.01. The van der Waals surface area contributed by atoms with E-state index in [1.54, 1.807) is 5.57 Å². The second-order valence-electron chi connectivity index (χ2n) is 9.62. The first-order valence-electron chi connectivity index (χ1n) is 10.6. The van der Waals surface area contributed by atoms with E-state index >= 15 is 0 Å². The molecule has 0 spiro atoms. The van der Waals surface area contributed by atoms with Crippen molar-refractivity contribution in [1.29, 1.82) is 0 Å². The lowest BCUT2D eigenvalue weighted by molar-refractivity contribution is 0.191. The Balaban J connectivity index is 1.59. The van der Waals surface area contributed by atoms with Gasteiger partial charge in [0, 0.05) is 0 Å². The molecule has 0 aromatic heterocycles. The van der Waals surface area contributed by atoms with Crippen molar-refractivity contribution in [3.8, 4) is 0 Å². The maximum atomic E-state index is 2.61. The Labute approximate surface area is 149 Å². The summed E-state index contributed by atoms with van der Waals surface area (Å²) in [6.07, 6.45) is 23.0. The van der Waals surface area contributed by atoms with Gasteiger partial charge in [0.25, 0.3) is 0 Å². The smallest absolute Gasteiger partial charge is 0.00193 e. The second-order valence-corrected chi connectivity index (χ2v) is 9.62. The summed E-state index contributed by atoms with van der Waals surface area (Å²) in [4.78, 5) is 0. The summed E-state index contributed by atoms with van der Waals surface area (Å²) in [6, 6.07) is 0. The van der Waals surface area contributed by atoms with Crippen molar-refractivity contribution in [2.24, 2.45) is 35.0 Å². The fourth-order valence-corrected chi connectivity index (χ4v) is 6.16. The van der Waals surface area contributed by atoms with Gasteiger partial charge >= 0.3 is 0 Å². The third-order valence-electron chi connectivity index (χ3n) is 7.92. The van der Waals surface area contributed by atoms with Gasteiger partial charge in [-0.1, -0.05) is 62.1 Å². The van der Waals surface area contributed by atoms with Crippen LogP contribution in [0.2, 0.25) is 0 Å². The number of hydrogen-bond acceptors (Lipinski definition) is 0. The van der Waals surface area contributed by atoms with Crippen molar-refractivity contribution in [3.05, 3.63) is 35.5 Å². The summed E-state index contributed by atoms with van der Waals surface area (Å²) < 4.78 is 0. The average molecular weight is 325 g/mol. The predicted octanol–water partition coefficient (Wildman–Crippen LogP) is 7.09. The first-order valence-corrected chi connectivity index (χ1v) is 10.6. The molecule has 0 heterocycles. The zero-order valence-electron chi connectivity index (χ0n) is 16.1. The largest absolute Gasteiger partial charge is 0.0854 e. The van der Waals surface area contributed by atoms with Crippen LogP contribution in [0.5, 0.6) is 0 Å². The molecule has 0 aliphatic heterocycles. The Morgan fingerprint density at radius 2 is 1.67 bits per heavy atom. The van der Waals surface area contributed by atoms with Gasteiger partial charge in [-0.05, 0) is 86.9 Å². The SMILES string of the molecule is CC1=CC=C(C2(C3CCC(C)CC3)CC2C2C=CC(C)CC2)CC1. The Kier molecular flexibility index (Phi) is 4.52. The van der Waals surface area contributed by atoms with Crippen molar-refractivity contribution >= 4 is 0 Å². The highest BCUT2D eigenvalue weighted by atomic mass is 14.7. The second kappa shape index (κ2) is 6.50. The minimum Gasteiger partial charge on any atom is -0.0854 e. The van der Waals surface area contributed by atoms with E-state index in [0.29, 0.717) is 5.41 Å². The lowest BCUT2D eigenvalue weighted by atomic mass is 9.67. The van der Waals surface area contributed by atoms with Crippen LogP contribution < -0.4 is 0 Å². The molecule has 0 radical (unpaired) electrons. The van der Waals surface area contributed by atoms with Crippen LogP contribution in [-0.4, -0.2) is 0 Å². The fourth-order valence-electron chi connectivity index (χ4n) is 6.16. The number of hydrogen-bond donors (Lipinski definition) is 0. The van der Waals surface area contributed by atoms with E-state index in [9.17, 15) is 0 Å². The molecular formula is C24H36. The zero-order chi connectivity index (χ0) is 16.7. The highest BCUT2D eigenvalue weighted by Gasteiger charge is 2.62. The van der Waals surface area contributed by atoms with Gasteiger partial charge in [-0.3, -0.25) is 0 Å².